The van der Waals surface area contributed by atoms with Crippen molar-refractivity contribution < 1.29 is 19.0 Å². The lowest BCUT2D eigenvalue weighted by Crippen LogP contribution is -2.43. The highest BCUT2D eigenvalue weighted by atomic mass is 32.1. The summed E-state index contributed by atoms with van der Waals surface area (Å²) in [5.74, 6) is 1.35. The number of hydrogen-bond donors (Lipinski definition) is 0. The van der Waals surface area contributed by atoms with Crippen LogP contribution in [-0.2, 0) is 16.7 Å². The first kappa shape index (κ1) is 17.8. The maximum atomic E-state index is 12.4. The number of carbonyl (C=O) groups is 1. The van der Waals surface area contributed by atoms with Crippen molar-refractivity contribution in [2.75, 3.05) is 20.7 Å². The third-order valence-electron chi connectivity index (χ3n) is 6.15. The average molecular weight is 397 g/mol. The predicted molar refractivity (Wildman–Crippen MR) is 107 cm³/mol. The molecule has 0 saturated heterocycles. The van der Waals surface area contributed by atoms with Gasteiger partial charge in [-0.05, 0) is 49.2 Å². The first-order valence-electron chi connectivity index (χ1n) is 9.59. The van der Waals surface area contributed by atoms with Crippen molar-refractivity contribution in [3.63, 3.8) is 0 Å². The van der Waals surface area contributed by atoms with Crippen molar-refractivity contribution >= 4 is 17.3 Å². The Morgan fingerprint density at radius 2 is 2.25 bits per heavy atom. The second-order valence-electron chi connectivity index (χ2n) is 7.82. The monoisotopic (exact) mass is 397 g/mol. The first-order valence-corrected chi connectivity index (χ1v) is 10.5. The van der Waals surface area contributed by atoms with E-state index in [2.05, 4.69) is 24.1 Å². The SMILES string of the molecule is COc1ccc2c3c1O[C@H]1C[C@@H](OC(=O)c4ccsc4)C=C[C@@]31CCN(C)C2. The Hall–Kier alpha value is -2.31. The molecule has 0 amide bonds. The molecule has 3 heterocycles. The highest BCUT2D eigenvalue weighted by Gasteiger charge is 2.53. The summed E-state index contributed by atoms with van der Waals surface area (Å²) < 4.78 is 17.8. The summed E-state index contributed by atoms with van der Waals surface area (Å²) in [6.45, 7) is 1.88. The fraction of sp³-hybridized carbons (Fsp3) is 0.409. The quantitative estimate of drug-likeness (QED) is 0.583. The number of ether oxygens (including phenoxy) is 3. The van der Waals surface area contributed by atoms with Gasteiger partial charge in [-0.2, -0.15) is 11.3 Å². The van der Waals surface area contributed by atoms with Crippen LogP contribution in [-0.4, -0.2) is 43.8 Å². The van der Waals surface area contributed by atoms with E-state index >= 15 is 0 Å². The predicted octanol–water partition coefficient (Wildman–Crippen LogP) is 3.78. The summed E-state index contributed by atoms with van der Waals surface area (Å²) in [5, 5.41) is 3.70. The third kappa shape index (κ3) is 2.66. The molecular formula is C22H23NO4S. The van der Waals surface area contributed by atoms with Crippen LogP contribution in [0.25, 0.3) is 0 Å². The van der Waals surface area contributed by atoms with E-state index in [1.807, 2.05) is 22.9 Å². The smallest absolute Gasteiger partial charge is 0.339 e. The number of benzene rings is 1. The fourth-order valence-corrected chi connectivity index (χ4v) is 5.36. The zero-order valence-electron chi connectivity index (χ0n) is 16.0. The number of nitrogens with zero attached hydrogens (tertiary/aromatic N) is 1. The lowest BCUT2D eigenvalue weighted by Gasteiger charge is -2.36. The van der Waals surface area contributed by atoms with E-state index in [1.165, 1.54) is 22.5 Å². The van der Waals surface area contributed by atoms with Crippen molar-refractivity contribution in [2.45, 2.75) is 37.0 Å². The molecule has 1 aromatic heterocycles. The van der Waals surface area contributed by atoms with Crippen molar-refractivity contribution in [1.29, 1.82) is 0 Å². The van der Waals surface area contributed by atoms with Crippen molar-refractivity contribution in [2.24, 2.45) is 0 Å². The molecule has 0 fully saturated rings. The van der Waals surface area contributed by atoms with E-state index in [0.29, 0.717) is 12.0 Å². The van der Waals surface area contributed by atoms with Crippen LogP contribution in [0, 0.1) is 0 Å². The zero-order valence-corrected chi connectivity index (χ0v) is 16.8. The average Bonchev–Trinajstić information content (AvgIpc) is 3.30. The van der Waals surface area contributed by atoms with E-state index < -0.39 is 0 Å². The second kappa shape index (κ2) is 6.64. The van der Waals surface area contributed by atoms with Crippen molar-refractivity contribution in [3.05, 3.63) is 57.8 Å². The van der Waals surface area contributed by atoms with Gasteiger partial charge in [0.1, 0.15) is 12.2 Å². The van der Waals surface area contributed by atoms with Gasteiger partial charge < -0.3 is 19.1 Å². The zero-order chi connectivity index (χ0) is 19.3. The summed E-state index contributed by atoms with van der Waals surface area (Å²) in [4.78, 5) is 14.7. The third-order valence-corrected chi connectivity index (χ3v) is 6.83. The van der Waals surface area contributed by atoms with Gasteiger partial charge in [0.2, 0.25) is 0 Å². The van der Waals surface area contributed by atoms with Gasteiger partial charge in [0.05, 0.1) is 18.1 Å². The number of carbonyl (C=O) groups excluding carboxylic acids is 1. The summed E-state index contributed by atoms with van der Waals surface area (Å²) in [5.41, 5.74) is 2.96. The summed E-state index contributed by atoms with van der Waals surface area (Å²) >= 11 is 1.49. The maximum absolute atomic E-state index is 12.4. The highest BCUT2D eigenvalue weighted by Crippen LogP contribution is 2.55. The van der Waals surface area contributed by atoms with Crippen LogP contribution in [0.15, 0.2) is 41.1 Å². The second-order valence-corrected chi connectivity index (χ2v) is 8.60. The Morgan fingerprint density at radius 1 is 1.36 bits per heavy atom. The van der Waals surface area contributed by atoms with Gasteiger partial charge in [-0.25, -0.2) is 4.79 Å². The Balaban J connectivity index is 1.50. The highest BCUT2D eigenvalue weighted by molar-refractivity contribution is 7.08. The van der Waals surface area contributed by atoms with E-state index in [0.717, 1.165) is 31.0 Å². The van der Waals surface area contributed by atoms with Gasteiger partial charge in [0.15, 0.2) is 11.5 Å². The van der Waals surface area contributed by atoms with Gasteiger partial charge in [-0.15, -0.1) is 0 Å². The van der Waals surface area contributed by atoms with Crippen LogP contribution in [0.5, 0.6) is 11.5 Å². The van der Waals surface area contributed by atoms with Crippen LogP contribution in [0.2, 0.25) is 0 Å². The van der Waals surface area contributed by atoms with Crippen LogP contribution < -0.4 is 9.47 Å². The van der Waals surface area contributed by atoms with E-state index in [1.54, 1.807) is 13.2 Å². The first-order chi connectivity index (χ1) is 13.6. The molecule has 0 radical (unpaired) electrons. The van der Waals surface area contributed by atoms with Crippen LogP contribution >= 0.6 is 11.3 Å². The molecule has 0 N–H and O–H groups in total. The largest absolute Gasteiger partial charge is 0.493 e. The van der Waals surface area contributed by atoms with Gasteiger partial charge >= 0.3 is 5.97 Å². The van der Waals surface area contributed by atoms with Gasteiger partial charge in [-0.1, -0.05) is 12.1 Å². The Labute approximate surface area is 168 Å². The van der Waals surface area contributed by atoms with Gasteiger partial charge in [0.25, 0.3) is 0 Å². The topological polar surface area (TPSA) is 48.0 Å². The lowest BCUT2D eigenvalue weighted by molar-refractivity contribution is 0.0218. The van der Waals surface area contributed by atoms with E-state index in [4.69, 9.17) is 14.2 Å². The molecule has 0 unspecified atom stereocenters. The number of thiophene rings is 1. The van der Waals surface area contributed by atoms with Gasteiger partial charge in [-0.3, -0.25) is 0 Å². The minimum absolute atomic E-state index is 0.0608. The Kier molecular flexibility index (Phi) is 4.21. The molecule has 0 bridgehead atoms. The fourth-order valence-electron chi connectivity index (χ4n) is 4.74. The van der Waals surface area contributed by atoms with E-state index in [9.17, 15) is 4.79 Å². The van der Waals surface area contributed by atoms with Crippen LogP contribution in [0.3, 0.4) is 0 Å². The molecule has 5 rings (SSSR count). The van der Waals surface area contributed by atoms with Crippen LogP contribution in [0.1, 0.15) is 34.3 Å². The van der Waals surface area contributed by atoms with Crippen molar-refractivity contribution in [3.8, 4) is 11.5 Å². The summed E-state index contributed by atoms with van der Waals surface area (Å²) in [6.07, 6.45) is 5.55. The number of hydrogen-bond acceptors (Lipinski definition) is 6. The van der Waals surface area contributed by atoms with Crippen molar-refractivity contribution in [1.82, 2.24) is 4.90 Å². The van der Waals surface area contributed by atoms with E-state index in [-0.39, 0.29) is 23.6 Å². The molecule has 0 saturated carbocycles. The lowest BCUT2D eigenvalue weighted by atomic mass is 9.69. The number of esters is 1. The maximum Gasteiger partial charge on any atom is 0.339 e. The molecule has 146 valence electrons. The normalized spacial score (nSPS) is 28.1. The standard InChI is InChI=1S/C22H23NO4S/c1-23-9-8-22-7-5-16(26-21(24)15-6-10-28-13-15)11-18(22)27-20-17(25-2)4-3-14(12-23)19(20)22/h3-7,10,13,16,18H,8-9,11-12H2,1-2H3/t16-,18-,22-/m0/s1. The summed E-state index contributed by atoms with van der Waals surface area (Å²) in [7, 11) is 3.84. The molecule has 1 aromatic carbocycles. The molecule has 1 aliphatic carbocycles. The molecule has 3 aliphatic rings. The summed E-state index contributed by atoms with van der Waals surface area (Å²) in [6, 6.07) is 5.95. The minimum Gasteiger partial charge on any atom is -0.493 e. The molecule has 1 spiro atoms. The molecule has 2 aromatic rings. The van der Waals surface area contributed by atoms with Gasteiger partial charge in [0, 0.05) is 23.9 Å². The molecule has 28 heavy (non-hydrogen) atoms. The molecule has 6 heteroatoms. The van der Waals surface area contributed by atoms with Crippen LogP contribution in [0.4, 0.5) is 0 Å². The molecule has 3 atom stereocenters. The Bertz CT molecular complexity index is 938. The Morgan fingerprint density at radius 3 is 3.04 bits per heavy atom. The molecule has 5 nitrogen and oxygen atoms in total. The molecule has 2 aliphatic heterocycles. The number of methoxy groups -OCH3 is 1. The number of rotatable bonds is 3. The molecular weight excluding hydrogens is 374 g/mol. The minimum atomic E-state index is -0.284.